The first-order valence-corrected chi connectivity index (χ1v) is 7.96. The van der Waals surface area contributed by atoms with Crippen molar-refractivity contribution in [2.75, 3.05) is 18.4 Å². The van der Waals surface area contributed by atoms with E-state index >= 15 is 0 Å². The molecule has 0 aliphatic carbocycles. The highest BCUT2D eigenvalue weighted by Crippen LogP contribution is 2.21. The topological polar surface area (TPSA) is 71.5 Å². The van der Waals surface area contributed by atoms with E-state index in [0.29, 0.717) is 31.7 Å². The third-order valence-electron chi connectivity index (χ3n) is 3.77. The molecule has 0 unspecified atom stereocenters. The van der Waals surface area contributed by atoms with Crippen LogP contribution in [0.4, 0.5) is 10.6 Å². The predicted molar refractivity (Wildman–Crippen MR) is 88.1 cm³/mol. The normalized spacial score (nSPS) is 16.1. The van der Waals surface area contributed by atoms with Crippen LogP contribution in [0.5, 0.6) is 0 Å². The van der Waals surface area contributed by atoms with E-state index in [0.717, 1.165) is 5.56 Å². The van der Waals surface area contributed by atoms with Crippen molar-refractivity contribution in [3.63, 3.8) is 0 Å². The molecule has 1 aromatic rings. The van der Waals surface area contributed by atoms with Crippen LogP contribution in [0.15, 0.2) is 18.3 Å². The van der Waals surface area contributed by atoms with Crippen molar-refractivity contribution in [3.8, 4) is 0 Å². The van der Waals surface area contributed by atoms with E-state index in [9.17, 15) is 9.59 Å². The quantitative estimate of drug-likeness (QED) is 0.909. The van der Waals surface area contributed by atoms with Gasteiger partial charge in [-0.25, -0.2) is 9.78 Å². The Bertz CT molecular complexity index is 573. The lowest BCUT2D eigenvalue weighted by Gasteiger charge is -2.32. The molecular weight excluding hydrogens is 294 g/mol. The Morgan fingerprint density at radius 2 is 1.96 bits per heavy atom. The second kappa shape index (κ2) is 6.98. The Kier molecular flexibility index (Phi) is 5.23. The number of ether oxygens (including phenoxy) is 1. The number of nitrogens with zero attached hydrogens (tertiary/aromatic N) is 2. The minimum Gasteiger partial charge on any atom is -0.444 e. The second-order valence-corrected chi connectivity index (χ2v) is 6.90. The van der Waals surface area contributed by atoms with E-state index in [2.05, 4.69) is 10.3 Å². The molecule has 2 heterocycles. The third kappa shape index (κ3) is 4.94. The standard InChI is InChI=1S/C17H25N3O3/c1-12-6-5-9-18-14(12)19-15(21)13-7-10-20(11-8-13)16(22)23-17(2,3)4/h5-6,9,13H,7-8,10-11H2,1-4H3,(H,18,19,21). The van der Waals surface area contributed by atoms with Crippen molar-refractivity contribution in [3.05, 3.63) is 23.9 Å². The highest BCUT2D eigenvalue weighted by atomic mass is 16.6. The van der Waals surface area contributed by atoms with E-state index in [4.69, 9.17) is 4.74 Å². The number of aryl methyl sites for hydroxylation is 1. The van der Waals surface area contributed by atoms with Crippen LogP contribution < -0.4 is 5.32 Å². The van der Waals surface area contributed by atoms with Gasteiger partial charge in [0, 0.05) is 25.2 Å². The van der Waals surface area contributed by atoms with Gasteiger partial charge in [0.1, 0.15) is 11.4 Å². The number of hydrogen-bond acceptors (Lipinski definition) is 4. The molecule has 1 aliphatic heterocycles. The fraction of sp³-hybridized carbons (Fsp3) is 0.588. The van der Waals surface area contributed by atoms with Gasteiger partial charge in [0.2, 0.25) is 5.91 Å². The Balaban J connectivity index is 1.85. The minimum atomic E-state index is -0.498. The maximum absolute atomic E-state index is 12.3. The average Bonchev–Trinajstić information content (AvgIpc) is 2.48. The van der Waals surface area contributed by atoms with Crippen LogP contribution in [-0.4, -0.2) is 40.6 Å². The fourth-order valence-electron chi connectivity index (χ4n) is 2.49. The lowest BCUT2D eigenvalue weighted by molar-refractivity contribution is -0.121. The van der Waals surface area contributed by atoms with E-state index in [-0.39, 0.29) is 17.9 Å². The van der Waals surface area contributed by atoms with Gasteiger partial charge >= 0.3 is 6.09 Å². The third-order valence-corrected chi connectivity index (χ3v) is 3.77. The first-order chi connectivity index (χ1) is 10.8. The number of carbonyl (C=O) groups is 2. The molecule has 2 rings (SSSR count). The van der Waals surface area contributed by atoms with Crippen molar-refractivity contribution in [2.24, 2.45) is 5.92 Å². The van der Waals surface area contributed by atoms with Crippen molar-refractivity contribution < 1.29 is 14.3 Å². The molecule has 0 bridgehead atoms. The number of pyridine rings is 1. The number of amides is 2. The Morgan fingerprint density at radius 1 is 1.30 bits per heavy atom. The summed E-state index contributed by atoms with van der Waals surface area (Å²) in [5, 5.41) is 2.88. The summed E-state index contributed by atoms with van der Waals surface area (Å²) >= 11 is 0. The Morgan fingerprint density at radius 3 is 2.52 bits per heavy atom. The van der Waals surface area contributed by atoms with Gasteiger partial charge in [-0.15, -0.1) is 0 Å². The van der Waals surface area contributed by atoms with Gasteiger partial charge in [-0.3, -0.25) is 4.79 Å². The monoisotopic (exact) mass is 319 g/mol. The molecule has 2 amide bonds. The number of anilines is 1. The van der Waals surface area contributed by atoms with Gasteiger partial charge in [-0.05, 0) is 52.2 Å². The Hall–Kier alpha value is -2.11. The van der Waals surface area contributed by atoms with Gasteiger partial charge in [-0.2, -0.15) is 0 Å². The van der Waals surface area contributed by atoms with Crippen LogP contribution in [0.25, 0.3) is 0 Å². The molecule has 1 aliphatic rings. The first-order valence-electron chi connectivity index (χ1n) is 7.96. The molecule has 1 aromatic heterocycles. The van der Waals surface area contributed by atoms with Crippen LogP contribution in [-0.2, 0) is 9.53 Å². The molecule has 1 N–H and O–H groups in total. The smallest absolute Gasteiger partial charge is 0.410 e. The zero-order valence-electron chi connectivity index (χ0n) is 14.3. The van der Waals surface area contributed by atoms with E-state index in [1.807, 2.05) is 39.8 Å². The number of nitrogens with one attached hydrogen (secondary N) is 1. The summed E-state index contributed by atoms with van der Waals surface area (Å²) in [6.07, 6.45) is 2.62. The van der Waals surface area contributed by atoms with Crippen LogP contribution in [0, 0.1) is 12.8 Å². The maximum Gasteiger partial charge on any atom is 0.410 e. The summed E-state index contributed by atoms with van der Waals surface area (Å²) in [4.78, 5) is 30.2. The van der Waals surface area contributed by atoms with E-state index < -0.39 is 5.60 Å². The number of carbonyl (C=O) groups excluding carboxylic acids is 2. The maximum atomic E-state index is 12.3. The van der Waals surface area contributed by atoms with Gasteiger partial charge in [0.05, 0.1) is 0 Å². The van der Waals surface area contributed by atoms with Gasteiger partial charge in [-0.1, -0.05) is 6.07 Å². The van der Waals surface area contributed by atoms with Crippen molar-refractivity contribution in [1.29, 1.82) is 0 Å². The first kappa shape index (κ1) is 17.2. The van der Waals surface area contributed by atoms with Crippen molar-refractivity contribution >= 4 is 17.8 Å². The molecule has 0 atom stereocenters. The summed E-state index contributed by atoms with van der Waals surface area (Å²) in [5.41, 5.74) is 0.439. The SMILES string of the molecule is Cc1cccnc1NC(=O)C1CCN(C(=O)OC(C)(C)C)CC1. The highest BCUT2D eigenvalue weighted by Gasteiger charge is 2.30. The molecule has 23 heavy (non-hydrogen) atoms. The summed E-state index contributed by atoms with van der Waals surface area (Å²) < 4.78 is 5.36. The molecule has 6 nitrogen and oxygen atoms in total. The summed E-state index contributed by atoms with van der Waals surface area (Å²) in [7, 11) is 0. The van der Waals surface area contributed by atoms with Crippen LogP contribution in [0.1, 0.15) is 39.2 Å². The van der Waals surface area contributed by atoms with Gasteiger partial charge in [0.15, 0.2) is 0 Å². The summed E-state index contributed by atoms with van der Waals surface area (Å²) in [6, 6.07) is 3.75. The molecule has 0 aromatic carbocycles. The average molecular weight is 319 g/mol. The zero-order valence-corrected chi connectivity index (χ0v) is 14.3. The van der Waals surface area contributed by atoms with Gasteiger partial charge in [0.25, 0.3) is 0 Å². The number of likely N-dealkylation sites (tertiary alicyclic amines) is 1. The summed E-state index contributed by atoms with van der Waals surface area (Å²) in [6.45, 7) is 8.52. The number of piperidine rings is 1. The van der Waals surface area contributed by atoms with E-state index in [1.165, 1.54) is 0 Å². The van der Waals surface area contributed by atoms with Gasteiger partial charge < -0.3 is 15.0 Å². The lowest BCUT2D eigenvalue weighted by Crippen LogP contribution is -2.43. The molecule has 0 saturated carbocycles. The van der Waals surface area contributed by atoms with Crippen LogP contribution in [0.3, 0.4) is 0 Å². The fourth-order valence-corrected chi connectivity index (χ4v) is 2.49. The number of aromatic nitrogens is 1. The van der Waals surface area contributed by atoms with Crippen LogP contribution in [0.2, 0.25) is 0 Å². The molecule has 6 heteroatoms. The minimum absolute atomic E-state index is 0.0318. The Labute approximate surface area is 137 Å². The van der Waals surface area contributed by atoms with Crippen molar-refractivity contribution in [2.45, 2.75) is 46.1 Å². The molecule has 0 radical (unpaired) electrons. The van der Waals surface area contributed by atoms with Crippen LogP contribution >= 0.6 is 0 Å². The molecule has 0 spiro atoms. The zero-order chi connectivity index (χ0) is 17.0. The second-order valence-electron chi connectivity index (χ2n) is 6.90. The molecule has 1 saturated heterocycles. The number of rotatable bonds is 2. The summed E-state index contributed by atoms with van der Waals surface area (Å²) in [5.74, 6) is 0.470. The molecule has 1 fully saturated rings. The highest BCUT2D eigenvalue weighted by molar-refractivity contribution is 5.92. The molecular formula is C17H25N3O3. The van der Waals surface area contributed by atoms with Crippen molar-refractivity contribution in [1.82, 2.24) is 9.88 Å². The molecule has 126 valence electrons. The van der Waals surface area contributed by atoms with E-state index in [1.54, 1.807) is 11.1 Å². The number of hydrogen-bond donors (Lipinski definition) is 1. The largest absolute Gasteiger partial charge is 0.444 e. The predicted octanol–water partition coefficient (Wildman–Crippen LogP) is 2.98. The lowest BCUT2D eigenvalue weighted by atomic mass is 9.96.